The molecule has 116 valence electrons. The Kier molecular flexibility index (Phi) is 4.29. The van der Waals surface area contributed by atoms with Crippen molar-refractivity contribution in [3.63, 3.8) is 0 Å². The normalized spacial score (nSPS) is 14.2. The smallest absolute Gasteiger partial charge is 0.393 e. The maximum absolute atomic E-state index is 2.40. The molecule has 1 aliphatic heterocycles. The van der Waals surface area contributed by atoms with Crippen LogP contribution in [-0.4, -0.2) is 17.3 Å². The summed E-state index contributed by atoms with van der Waals surface area (Å²) in [7, 11) is 0. The van der Waals surface area contributed by atoms with Crippen LogP contribution in [0, 0.1) is 0 Å². The van der Waals surface area contributed by atoms with Crippen molar-refractivity contribution < 1.29 is 0 Å². The summed E-state index contributed by atoms with van der Waals surface area (Å²) in [6.45, 7) is 6.89. The molecule has 1 aliphatic rings. The molecule has 0 unspecified atom stereocenters. The number of allylic oxidation sites excluding steroid dienone is 2. The van der Waals surface area contributed by atoms with Gasteiger partial charge < -0.3 is 9.62 Å². The Morgan fingerprint density at radius 3 is 1.78 bits per heavy atom. The average Bonchev–Trinajstić information content (AvgIpc) is 2.57. The van der Waals surface area contributed by atoms with Gasteiger partial charge in [0, 0.05) is 16.9 Å². The van der Waals surface area contributed by atoms with E-state index < -0.39 is 0 Å². The molecule has 3 heteroatoms. The molecule has 0 radical (unpaired) electrons. The Balaban J connectivity index is 2.08. The standard InChI is InChI=1S/C20H23BN2/c1-20(2,3)22-17-11-10-16-21(22)23(18-12-6-4-7-13-18)19-14-8-5-9-15-19/h4-17H,1-3H3. The van der Waals surface area contributed by atoms with Crippen LogP contribution >= 0.6 is 0 Å². The third kappa shape index (κ3) is 3.34. The fourth-order valence-corrected chi connectivity index (χ4v) is 2.95. The number of nitrogens with zero attached hydrogens (tertiary/aromatic N) is 2. The zero-order valence-corrected chi connectivity index (χ0v) is 14.1. The number of hydrogen-bond donors (Lipinski definition) is 0. The first-order valence-corrected chi connectivity index (χ1v) is 8.10. The summed E-state index contributed by atoms with van der Waals surface area (Å²) in [6, 6.07) is 21.2. The average molecular weight is 302 g/mol. The second-order valence-corrected chi connectivity index (χ2v) is 6.76. The molecular formula is C20H23BN2. The van der Waals surface area contributed by atoms with Crippen LogP contribution in [0.2, 0.25) is 0 Å². The van der Waals surface area contributed by atoms with Crippen LogP contribution in [0.3, 0.4) is 0 Å². The van der Waals surface area contributed by atoms with Gasteiger partial charge in [0.05, 0.1) is 0 Å². The van der Waals surface area contributed by atoms with E-state index in [0.717, 1.165) is 0 Å². The molecule has 0 aliphatic carbocycles. The van der Waals surface area contributed by atoms with Crippen LogP contribution in [0.25, 0.3) is 0 Å². The molecule has 0 fully saturated rings. The highest BCUT2D eigenvalue weighted by Crippen LogP contribution is 2.31. The van der Waals surface area contributed by atoms with Gasteiger partial charge >= 0.3 is 6.98 Å². The molecule has 2 aromatic carbocycles. The van der Waals surface area contributed by atoms with E-state index >= 15 is 0 Å². The van der Waals surface area contributed by atoms with Gasteiger partial charge in [-0.15, -0.1) is 0 Å². The molecule has 0 amide bonds. The minimum absolute atomic E-state index is 0.0355. The van der Waals surface area contributed by atoms with Gasteiger partial charge in [-0.05, 0) is 57.3 Å². The van der Waals surface area contributed by atoms with Crippen molar-refractivity contribution >= 4 is 18.4 Å². The summed E-state index contributed by atoms with van der Waals surface area (Å²) >= 11 is 0. The lowest BCUT2D eigenvalue weighted by molar-refractivity contribution is 0.322. The largest absolute Gasteiger partial charge is 0.408 e. The van der Waals surface area contributed by atoms with Crippen molar-refractivity contribution in [2.75, 3.05) is 4.81 Å². The molecule has 0 saturated carbocycles. The highest BCUT2D eigenvalue weighted by Gasteiger charge is 2.35. The van der Waals surface area contributed by atoms with Crippen molar-refractivity contribution in [3.8, 4) is 0 Å². The van der Waals surface area contributed by atoms with Crippen molar-refractivity contribution in [2.45, 2.75) is 26.3 Å². The Morgan fingerprint density at radius 2 is 1.30 bits per heavy atom. The minimum Gasteiger partial charge on any atom is -0.393 e. The zero-order valence-electron chi connectivity index (χ0n) is 14.1. The Bertz CT molecular complexity index is 647. The van der Waals surface area contributed by atoms with E-state index in [2.05, 4.69) is 115 Å². The maximum Gasteiger partial charge on any atom is 0.408 e. The predicted molar refractivity (Wildman–Crippen MR) is 101 cm³/mol. The van der Waals surface area contributed by atoms with Gasteiger partial charge in [0.1, 0.15) is 0 Å². The van der Waals surface area contributed by atoms with Crippen LogP contribution in [0.5, 0.6) is 0 Å². The molecule has 2 nitrogen and oxygen atoms in total. The van der Waals surface area contributed by atoms with Gasteiger partial charge in [0.2, 0.25) is 0 Å². The molecule has 1 heterocycles. The highest BCUT2D eigenvalue weighted by molar-refractivity contribution is 6.68. The van der Waals surface area contributed by atoms with Crippen LogP contribution in [0.15, 0.2) is 85.0 Å². The Hall–Kier alpha value is -2.42. The van der Waals surface area contributed by atoms with E-state index in [9.17, 15) is 0 Å². The van der Waals surface area contributed by atoms with Crippen molar-refractivity contribution in [1.82, 2.24) is 4.81 Å². The van der Waals surface area contributed by atoms with Gasteiger partial charge in [-0.3, -0.25) is 0 Å². The molecule has 0 bridgehead atoms. The zero-order chi connectivity index (χ0) is 16.3. The fraction of sp³-hybridized carbons (Fsp3) is 0.200. The second kappa shape index (κ2) is 6.37. The number of rotatable bonds is 3. The maximum atomic E-state index is 2.40. The topological polar surface area (TPSA) is 6.48 Å². The van der Waals surface area contributed by atoms with Crippen molar-refractivity contribution in [3.05, 3.63) is 85.0 Å². The molecule has 0 spiro atoms. The van der Waals surface area contributed by atoms with Crippen molar-refractivity contribution in [1.29, 1.82) is 0 Å². The molecule has 0 atom stereocenters. The second-order valence-electron chi connectivity index (χ2n) is 6.76. The number of hydrogen-bond acceptors (Lipinski definition) is 2. The summed E-state index contributed by atoms with van der Waals surface area (Å²) < 4.78 is 0. The summed E-state index contributed by atoms with van der Waals surface area (Å²) in [5.74, 6) is 2.26. The number of para-hydroxylation sites is 2. The van der Waals surface area contributed by atoms with Crippen LogP contribution < -0.4 is 4.81 Å². The van der Waals surface area contributed by atoms with Gasteiger partial charge in [-0.25, -0.2) is 0 Å². The Labute approximate surface area is 139 Å². The predicted octanol–water partition coefficient (Wildman–Crippen LogP) is 5.04. The molecule has 0 saturated heterocycles. The van der Waals surface area contributed by atoms with Crippen LogP contribution in [0.1, 0.15) is 20.8 Å². The third-order valence-corrected chi connectivity index (χ3v) is 4.03. The van der Waals surface area contributed by atoms with Gasteiger partial charge in [-0.1, -0.05) is 48.4 Å². The van der Waals surface area contributed by atoms with Crippen LogP contribution in [0.4, 0.5) is 11.4 Å². The Morgan fingerprint density at radius 1 is 0.783 bits per heavy atom. The molecule has 0 aromatic heterocycles. The summed E-state index contributed by atoms with van der Waals surface area (Å²) in [4.78, 5) is 4.78. The van der Waals surface area contributed by atoms with E-state index in [0.29, 0.717) is 0 Å². The number of benzene rings is 2. The lowest BCUT2D eigenvalue weighted by Crippen LogP contribution is -2.55. The van der Waals surface area contributed by atoms with E-state index in [1.165, 1.54) is 11.4 Å². The highest BCUT2D eigenvalue weighted by atomic mass is 15.2. The summed E-state index contributed by atoms with van der Waals surface area (Å²) in [5.41, 5.74) is 2.42. The van der Waals surface area contributed by atoms with Crippen molar-refractivity contribution in [2.24, 2.45) is 0 Å². The monoisotopic (exact) mass is 302 g/mol. The van der Waals surface area contributed by atoms with E-state index in [1.807, 2.05) is 0 Å². The fourth-order valence-electron chi connectivity index (χ4n) is 2.95. The molecular weight excluding hydrogens is 279 g/mol. The third-order valence-electron chi connectivity index (χ3n) is 4.03. The SMILES string of the molecule is CC(C)(C)N1C=CC=CB1N(c1ccccc1)c1ccccc1. The van der Waals surface area contributed by atoms with Gasteiger partial charge in [0.25, 0.3) is 0 Å². The number of anilines is 2. The van der Waals surface area contributed by atoms with Gasteiger partial charge in [-0.2, -0.15) is 0 Å². The molecule has 2 aromatic rings. The van der Waals surface area contributed by atoms with Crippen LogP contribution in [-0.2, 0) is 0 Å². The summed E-state index contributed by atoms with van der Waals surface area (Å²) in [5, 5.41) is 0. The summed E-state index contributed by atoms with van der Waals surface area (Å²) in [6.07, 6.45) is 6.42. The lowest BCUT2D eigenvalue weighted by atomic mass is 9.66. The van der Waals surface area contributed by atoms with E-state index in [-0.39, 0.29) is 12.5 Å². The quantitative estimate of drug-likeness (QED) is 0.733. The molecule has 23 heavy (non-hydrogen) atoms. The molecule has 3 rings (SSSR count). The lowest BCUT2D eigenvalue weighted by Gasteiger charge is -2.44. The van der Waals surface area contributed by atoms with E-state index in [4.69, 9.17) is 0 Å². The van der Waals surface area contributed by atoms with E-state index in [1.54, 1.807) is 0 Å². The first-order valence-electron chi connectivity index (χ1n) is 8.10. The first kappa shape index (κ1) is 15.5. The first-order chi connectivity index (χ1) is 11.1. The molecule has 0 N–H and O–H groups in total. The minimum atomic E-state index is 0.0355. The van der Waals surface area contributed by atoms with Gasteiger partial charge in [0.15, 0.2) is 0 Å².